The van der Waals surface area contributed by atoms with Gasteiger partial charge in [0.05, 0.1) is 0 Å². The van der Waals surface area contributed by atoms with E-state index in [9.17, 15) is 0 Å². The molecule has 0 saturated carbocycles. The third-order valence-corrected chi connectivity index (χ3v) is 0. The van der Waals surface area contributed by atoms with Crippen molar-refractivity contribution in [2.24, 2.45) is 0 Å². The SMILES string of the molecule is O=P([O-])([O-])[O-].[Al+3].[Fe]. The molecule has 0 saturated heterocycles. The molecule has 0 fully saturated rings. The average Bonchev–Trinajstić information content (AvgIpc) is 0.722. The summed E-state index contributed by atoms with van der Waals surface area (Å²) in [4.78, 5) is 25.6. The van der Waals surface area contributed by atoms with Crippen LogP contribution in [0.2, 0.25) is 0 Å². The number of rotatable bonds is 0. The summed E-state index contributed by atoms with van der Waals surface area (Å²) < 4.78 is 8.55. The minimum Gasteiger partial charge on any atom is -0.822 e. The fourth-order valence-corrected chi connectivity index (χ4v) is 0. The molecular weight excluding hydrogens is 178 g/mol. The molecule has 0 amide bonds. The quantitative estimate of drug-likeness (QED) is 0.288. The molecule has 0 bridgehead atoms. The van der Waals surface area contributed by atoms with E-state index in [1.807, 2.05) is 0 Å². The molecule has 0 aromatic rings. The van der Waals surface area contributed by atoms with Crippen molar-refractivity contribution in [1.82, 2.24) is 0 Å². The molecular formula is AlFeO4P. The Labute approximate surface area is 61.8 Å². The van der Waals surface area contributed by atoms with Crippen LogP contribution in [0, 0.1) is 0 Å². The van der Waals surface area contributed by atoms with Gasteiger partial charge in [-0.1, -0.05) is 0 Å². The Kier molecular flexibility index (Phi) is 11.9. The maximum absolute atomic E-state index is 8.55. The van der Waals surface area contributed by atoms with Gasteiger partial charge in [-0.05, 0) is 0 Å². The number of hydrogen-bond acceptors (Lipinski definition) is 4. The Hall–Kier alpha value is 1.16. The zero-order valence-electron chi connectivity index (χ0n) is 3.01. The van der Waals surface area contributed by atoms with E-state index in [0.717, 1.165) is 0 Å². The van der Waals surface area contributed by atoms with Crippen molar-refractivity contribution in [1.29, 1.82) is 0 Å². The number of phosphoric acid groups is 1. The van der Waals surface area contributed by atoms with Gasteiger partial charge in [0.15, 0.2) is 0 Å². The van der Waals surface area contributed by atoms with Gasteiger partial charge in [0.2, 0.25) is 0 Å². The van der Waals surface area contributed by atoms with E-state index in [1.165, 1.54) is 0 Å². The molecule has 0 aliphatic rings. The summed E-state index contributed by atoms with van der Waals surface area (Å²) >= 11 is 0. The maximum Gasteiger partial charge on any atom is 3.00 e. The van der Waals surface area contributed by atoms with E-state index in [4.69, 9.17) is 19.2 Å². The first-order valence-corrected chi connectivity index (χ1v) is 2.19. The standard InChI is InChI=1S/Al.Fe.H3O4P/c;;1-5(2,3)4/h;;(H3,1,2,3,4)/q+3;;/p-3. The Balaban J connectivity index is -0.0000000800. The molecule has 0 heterocycles. The molecule has 0 N–H and O–H groups in total. The van der Waals surface area contributed by atoms with Gasteiger partial charge in [0.25, 0.3) is 0 Å². The smallest absolute Gasteiger partial charge is 0.822 e. The van der Waals surface area contributed by atoms with Crippen LogP contribution in [0.3, 0.4) is 0 Å². The second-order valence-electron chi connectivity index (χ2n) is 0.447. The predicted octanol–water partition coefficient (Wildman–Crippen LogP) is -3.21. The van der Waals surface area contributed by atoms with E-state index in [0.29, 0.717) is 0 Å². The molecule has 40 valence electrons. The molecule has 4 nitrogen and oxygen atoms in total. The van der Waals surface area contributed by atoms with Crippen LogP contribution in [0.15, 0.2) is 0 Å². The van der Waals surface area contributed by atoms with Crippen molar-refractivity contribution in [3.8, 4) is 0 Å². The van der Waals surface area contributed by atoms with Crippen LogP contribution in [0.5, 0.6) is 0 Å². The second kappa shape index (κ2) is 5.30. The average molecular weight is 178 g/mol. The van der Waals surface area contributed by atoms with Crippen LogP contribution < -0.4 is 14.7 Å². The van der Waals surface area contributed by atoms with Gasteiger partial charge in [-0.15, -0.1) is 0 Å². The van der Waals surface area contributed by atoms with Gasteiger partial charge in [-0.25, -0.2) is 0 Å². The van der Waals surface area contributed by atoms with Crippen molar-refractivity contribution in [3.63, 3.8) is 0 Å². The van der Waals surface area contributed by atoms with Gasteiger partial charge in [-0.3, -0.25) is 0 Å². The predicted molar refractivity (Wildman–Crippen MR) is 13.4 cm³/mol. The molecule has 0 atom stereocenters. The molecule has 7 heteroatoms. The zero-order valence-corrected chi connectivity index (χ0v) is 6.16. The third kappa shape index (κ3) is 141. The second-order valence-corrected chi connectivity index (χ2v) is 1.34. The molecule has 0 aliphatic carbocycles. The Morgan fingerprint density at radius 3 is 1.14 bits per heavy atom. The monoisotopic (exact) mass is 178 g/mol. The van der Waals surface area contributed by atoms with Crippen LogP contribution in [-0.2, 0) is 21.6 Å². The fraction of sp³-hybridized carbons (Fsp3) is 0. The third-order valence-electron chi connectivity index (χ3n) is 0. The molecule has 0 aromatic carbocycles. The van der Waals surface area contributed by atoms with Crippen molar-refractivity contribution in [3.05, 3.63) is 0 Å². The van der Waals surface area contributed by atoms with E-state index in [1.54, 1.807) is 0 Å². The molecule has 7 heavy (non-hydrogen) atoms. The topological polar surface area (TPSA) is 86.2 Å². The summed E-state index contributed by atoms with van der Waals surface area (Å²) in [7, 11) is -5.39. The summed E-state index contributed by atoms with van der Waals surface area (Å²) in [6, 6.07) is 0. The Morgan fingerprint density at radius 1 is 1.14 bits per heavy atom. The van der Waals surface area contributed by atoms with E-state index in [2.05, 4.69) is 0 Å². The van der Waals surface area contributed by atoms with E-state index >= 15 is 0 Å². The van der Waals surface area contributed by atoms with E-state index < -0.39 is 7.82 Å². The minimum absolute atomic E-state index is 0. The fourth-order valence-electron chi connectivity index (χ4n) is 0. The minimum atomic E-state index is -5.39. The van der Waals surface area contributed by atoms with Crippen molar-refractivity contribution >= 4 is 25.2 Å². The van der Waals surface area contributed by atoms with E-state index in [-0.39, 0.29) is 34.4 Å². The van der Waals surface area contributed by atoms with Gasteiger partial charge in [0.1, 0.15) is 0 Å². The van der Waals surface area contributed by atoms with Crippen molar-refractivity contribution in [2.75, 3.05) is 0 Å². The molecule has 0 aliphatic heterocycles. The van der Waals surface area contributed by atoms with Gasteiger partial charge in [-0.2, -0.15) is 7.82 Å². The first-order valence-electron chi connectivity index (χ1n) is 0.730. The van der Waals surface area contributed by atoms with Crippen LogP contribution in [0.1, 0.15) is 0 Å². The molecule has 0 spiro atoms. The van der Waals surface area contributed by atoms with Gasteiger partial charge in [0, 0.05) is 17.1 Å². The molecule has 0 rings (SSSR count). The first kappa shape index (κ1) is 15.7. The van der Waals surface area contributed by atoms with Crippen LogP contribution in [0.25, 0.3) is 0 Å². The largest absolute Gasteiger partial charge is 3.00 e. The molecule has 0 unspecified atom stereocenters. The van der Waals surface area contributed by atoms with Crippen LogP contribution in [-0.4, -0.2) is 17.4 Å². The first-order chi connectivity index (χ1) is 2.00. The maximum atomic E-state index is 8.55. The number of hydrogen-bond donors (Lipinski definition) is 0. The van der Waals surface area contributed by atoms with Crippen molar-refractivity contribution in [2.45, 2.75) is 0 Å². The van der Waals surface area contributed by atoms with Crippen LogP contribution >= 0.6 is 7.82 Å². The summed E-state index contributed by atoms with van der Waals surface area (Å²) in [5, 5.41) is 0. The van der Waals surface area contributed by atoms with Gasteiger partial charge < -0.3 is 19.2 Å². The Bertz CT molecular complexity index is 57.8. The summed E-state index contributed by atoms with van der Waals surface area (Å²) in [5.41, 5.74) is 0. The Morgan fingerprint density at radius 2 is 1.14 bits per heavy atom. The molecule has 0 radical (unpaired) electrons. The zero-order chi connectivity index (χ0) is 4.50. The summed E-state index contributed by atoms with van der Waals surface area (Å²) in [6.45, 7) is 0. The molecule has 0 aromatic heterocycles. The van der Waals surface area contributed by atoms with Crippen molar-refractivity contribution < 1.29 is 36.3 Å². The van der Waals surface area contributed by atoms with Crippen LogP contribution in [0.4, 0.5) is 0 Å². The summed E-state index contributed by atoms with van der Waals surface area (Å²) in [5.74, 6) is 0. The normalized spacial score (nSPS) is 8.43. The van der Waals surface area contributed by atoms with Gasteiger partial charge >= 0.3 is 17.4 Å². The summed E-state index contributed by atoms with van der Waals surface area (Å²) in [6.07, 6.45) is 0.